The van der Waals surface area contributed by atoms with Crippen LogP contribution < -0.4 is 4.89 Å². The van der Waals surface area contributed by atoms with Gasteiger partial charge in [0, 0.05) is 44.2 Å². The summed E-state index contributed by atoms with van der Waals surface area (Å²) < 4.78 is 5.40. The van der Waals surface area contributed by atoms with Gasteiger partial charge in [-0.25, -0.2) is 4.79 Å². The van der Waals surface area contributed by atoms with Crippen LogP contribution in [0.15, 0.2) is 36.4 Å². The van der Waals surface area contributed by atoms with Gasteiger partial charge in [0.15, 0.2) is 5.75 Å². The molecule has 0 spiro atoms. The van der Waals surface area contributed by atoms with Crippen LogP contribution in [0.5, 0.6) is 5.75 Å². The highest BCUT2D eigenvalue weighted by molar-refractivity contribution is 5.94. The van der Waals surface area contributed by atoms with E-state index in [0.717, 1.165) is 5.56 Å². The molecule has 1 fully saturated rings. The third kappa shape index (κ3) is 5.83. The topological polar surface area (TPSA) is 111 Å². The summed E-state index contributed by atoms with van der Waals surface area (Å²) >= 11 is 0. The number of nitro groups is 1. The number of amides is 2. The number of benzene rings is 2. The SMILES string of the molecule is CC(C)(C)OC(=O)N1CCN(C(=O)/C=C/c2cc[c]c([N+](=O)[O-])c2-c2ccc3c(c2)CCOO3)CC1. The summed E-state index contributed by atoms with van der Waals surface area (Å²) in [7, 11) is 0. The average molecular weight is 495 g/mol. The molecule has 0 aliphatic carbocycles. The first-order valence-corrected chi connectivity index (χ1v) is 11.7. The number of hydrogen-bond donors (Lipinski definition) is 0. The van der Waals surface area contributed by atoms with Gasteiger partial charge in [0.1, 0.15) is 5.60 Å². The fourth-order valence-corrected chi connectivity index (χ4v) is 4.06. The van der Waals surface area contributed by atoms with Crippen LogP contribution in [0.1, 0.15) is 31.9 Å². The molecule has 2 amide bonds. The molecule has 2 aliphatic rings. The van der Waals surface area contributed by atoms with E-state index in [9.17, 15) is 19.7 Å². The molecule has 0 saturated carbocycles. The molecule has 0 atom stereocenters. The standard InChI is InChI=1S/C26H28N3O7/c1-26(2,3)35-25(31)28-14-12-27(13-15-28)23(30)10-8-18-5-4-6-21(29(32)33)24(18)20-7-9-22-19(17-20)11-16-34-36-22/h4-5,7-10,17H,11-16H2,1-3H3/b10-8+. The third-order valence-electron chi connectivity index (χ3n) is 5.79. The van der Waals surface area contributed by atoms with Gasteiger partial charge in [0.25, 0.3) is 5.69 Å². The second-order valence-electron chi connectivity index (χ2n) is 9.52. The Kier molecular flexibility index (Phi) is 7.25. The zero-order valence-corrected chi connectivity index (χ0v) is 20.5. The summed E-state index contributed by atoms with van der Waals surface area (Å²) in [5.41, 5.74) is 1.64. The zero-order valence-electron chi connectivity index (χ0n) is 20.5. The normalized spacial score (nSPS) is 15.9. The summed E-state index contributed by atoms with van der Waals surface area (Å²) in [4.78, 5) is 49.8. The lowest BCUT2D eigenvalue weighted by atomic mass is 9.95. The van der Waals surface area contributed by atoms with Crippen LogP contribution in [0.3, 0.4) is 0 Å². The van der Waals surface area contributed by atoms with Crippen LogP contribution in [0.25, 0.3) is 17.2 Å². The van der Waals surface area contributed by atoms with Crippen molar-refractivity contribution in [2.75, 3.05) is 32.8 Å². The van der Waals surface area contributed by atoms with Gasteiger partial charge in [-0.2, -0.15) is 4.89 Å². The fraction of sp³-hybridized carbons (Fsp3) is 0.385. The van der Waals surface area contributed by atoms with Crippen molar-refractivity contribution in [3.8, 4) is 16.9 Å². The van der Waals surface area contributed by atoms with E-state index in [1.807, 2.05) is 26.8 Å². The van der Waals surface area contributed by atoms with Crippen LogP contribution in [-0.2, 0) is 20.8 Å². The highest BCUT2D eigenvalue weighted by Crippen LogP contribution is 2.37. The molecule has 36 heavy (non-hydrogen) atoms. The summed E-state index contributed by atoms with van der Waals surface area (Å²) in [6, 6.07) is 11.1. The van der Waals surface area contributed by atoms with Crippen molar-refractivity contribution in [1.29, 1.82) is 0 Å². The van der Waals surface area contributed by atoms with Crippen molar-refractivity contribution >= 4 is 23.8 Å². The molecule has 10 heteroatoms. The van der Waals surface area contributed by atoms with E-state index in [0.29, 0.717) is 61.6 Å². The predicted octanol–water partition coefficient (Wildman–Crippen LogP) is 4.02. The molecule has 10 nitrogen and oxygen atoms in total. The number of hydrogen-bond acceptors (Lipinski definition) is 7. The van der Waals surface area contributed by atoms with E-state index >= 15 is 0 Å². The van der Waals surface area contributed by atoms with E-state index in [-0.39, 0.29) is 11.6 Å². The molecule has 0 bridgehead atoms. The minimum absolute atomic E-state index is 0.177. The Hall–Kier alpha value is -3.92. The number of nitrogens with zero attached hydrogens (tertiary/aromatic N) is 3. The number of carbonyl (C=O) groups excluding carboxylic acids is 2. The maximum absolute atomic E-state index is 12.9. The van der Waals surface area contributed by atoms with Gasteiger partial charge in [-0.1, -0.05) is 12.1 Å². The van der Waals surface area contributed by atoms with Gasteiger partial charge in [-0.3, -0.25) is 14.9 Å². The largest absolute Gasteiger partial charge is 0.444 e. The van der Waals surface area contributed by atoms with Crippen molar-refractivity contribution < 1.29 is 29.0 Å². The minimum atomic E-state index is -0.584. The van der Waals surface area contributed by atoms with Gasteiger partial charge in [-0.15, -0.1) is 0 Å². The zero-order chi connectivity index (χ0) is 25.9. The lowest BCUT2D eigenvalue weighted by molar-refractivity contribution is -0.384. The van der Waals surface area contributed by atoms with E-state index in [4.69, 9.17) is 14.5 Å². The highest BCUT2D eigenvalue weighted by atomic mass is 17.2. The summed E-state index contributed by atoms with van der Waals surface area (Å²) in [6.45, 7) is 7.28. The Labute approximate surface area is 209 Å². The van der Waals surface area contributed by atoms with E-state index in [2.05, 4.69) is 6.07 Å². The number of fused-ring (bicyclic) bond motifs is 1. The van der Waals surface area contributed by atoms with Crippen LogP contribution >= 0.6 is 0 Å². The van der Waals surface area contributed by atoms with Crippen molar-refractivity contribution in [3.63, 3.8) is 0 Å². The number of rotatable bonds is 4. The monoisotopic (exact) mass is 494 g/mol. The molecule has 0 unspecified atom stereocenters. The third-order valence-corrected chi connectivity index (χ3v) is 5.79. The number of nitro benzene ring substituents is 1. The molecule has 2 aromatic rings. The molecule has 189 valence electrons. The summed E-state index contributed by atoms with van der Waals surface area (Å²) in [6.07, 6.45) is 3.20. The second-order valence-corrected chi connectivity index (χ2v) is 9.52. The number of ether oxygens (including phenoxy) is 1. The fourth-order valence-electron chi connectivity index (χ4n) is 4.06. The minimum Gasteiger partial charge on any atom is -0.444 e. The molecule has 2 heterocycles. The van der Waals surface area contributed by atoms with Crippen molar-refractivity contribution in [2.45, 2.75) is 32.8 Å². The first-order valence-electron chi connectivity index (χ1n) is 11.7. The van der Waals surface area contributed by atoms with Crippen LogP contribution in [0, 0.1) is 16.2 Å². The van der Waals surface area contributed by atoms with Crippen molar-refractivity contribution in [1.82, 2.24) is 9.80 Å². The highest BCUT2D eigenvalue weighted by Gasteiger charge is 2.27. The second kappa shape index (κ2) is 10.4. The van der Waals surface area contributed by atoms with Gasteiger partial charge in [-0.05, 0) is 56.2 Å². The van der Waals surface area contributed by atoms with Crippen LogP contribution in [-0.4, -0.2) is 65.1 Å². The molecule has 2 aliphatic heterocycles. The Morgan fingerprint density at radius 3 is 2.56 bits per heavy atom. The van der Waals surface area contributed by atoms with Crippen molar-refractivity contribution in [3.05, 3.63) is 63.7 Å². The molecule has 0 N–H and O–H groups in total. The molecule has 1 radical (unpaired) electrons. The van der Waals surface area contributed by atoms with Gasteiger partial charge in [0.2, 0.25) is 5.91 Å². The number of carbonyl (C=O) groups is 2. The summed E-state index contributed by atoms with van der Waals surface area (Å²) in [5, 5.41) is 11.8. The number of piperazine rings is 1. The maximum Gasteiger partial charge on any atom is 0.410 e. The smallest absolute Gasteiger partial charge is 0.410 e. The Morgan fingerprint density at radius 1 is 1.14 bits per heavy atom. The van der Waals surface area contributed by atoms with Crippen LogP contribution in [0.2, 0.25) is 0 Å². The molecular formula is C26H28N3O7. The molecule has 0 aromatic heterocycles. The summed E-state index contributed by atoms with van der Waals surface area (Å²) in [5.74, 6) is 0.335. The Morgan fingerprint density at radius 2 is 1.86 bits per heavy atom. The van der Waals surface area contributed by atoms with Crippen LogP contribution in [0.4, 0.5) is 10.5 Å². The quantitative estimate of drug-likeness (QED) is 0.273. The molecular weight excluding hydrogens is 466 g/mol. The predicted molar refractivity (Wildman–Crippen MR) is 131 cm³/mol. The van der Waals surface area contributed by atoms with E-state index < -0.39 is 16.6 Å². The molecule has 2 aromatic carbocycles. The first kappa shape index (κ1) is 25.2. The Balaban J connectivity index is 1.52. The van der Waals surface area contributed by atoms with Crippen molar-refractivity contribution in [2.24, 2.45) is 0 Å². The van der Waals surface area contributed by atoms with Gasteiger partial charge >= 0.3 is 6.09 Å². The lowest BCUT2D eigenvalue weighted by Gasteiger charge is -2.35. The molecule has 1 saturated heterocycles. The maximum atomic E-state index is 12.9. The van der Waals surface area contributed by atoms with Gasteiger partial charge < -0.3 is 19.4 Å². The van der Waals surface area contributed by atoms with E-state index in [1.165, 1.54) is 12.1 Å². The first-order chi connectivity index (χ1) is 17.1. The lowest BCUT2D eigenvalue weighted by Crippen LogP contribution is -2.51. The molecule has 4 rings (SSSR count). The van der Waals surface area contributed by atoms with E-state index in [1.54, 1.807) is 34.1 Å². The average Bonchev–Trinajstić information content (AvgIpc) is 2.85. The Bertz CT molecular complexity index is 1190. The van der Waals surface area contributed by atoms with Gasteiger partial charge in [0.05, 0.1) is 23.2 Å².